The van der Waals surface area contributed by atoms with Crippen LogP contribution in [0.4, 0.5) is 11.4 Å². The fourth-order valence-electron chi connectivity index (χ4n) is 2.82. The third-order valence-corrected chi connectivity index (χ3v) is 4.20. The van der Waals surface area contributed by atoms with Crippen LogP contribution in [0.5, 0.6) is 0 Å². The summed E-state index contributed by atoms with van der Waals surface area (Å²) in [7, 11) is 0. The second kappa shape index (κ2) is 5.60. The lowest BCUT2D eigenvalue weighted by Gasteiger charge is -2.19. The van der Waals surface area contributed by atoms with Gasteiger partial charge in [-0.15, -0.1) is 0 Å². The number of benzene rings is 2. The minimum absolute atomic E-state index is 0.0420. The van der Waals surface area contributed by atoms with Gasteiger partial charge in [0.15, 0.2) is 0 Å². The van der Waals surface area contributed by atoms with E-state index < -0.39 is 0 Å². The number of hydrogen-bond donors (Lipinski definition) is 1. The van der Waals surface area contributed by atoms with E-state index in [0.717, 1.165) is 24.2 Å². The molecule has 2 aromatic rings. The van der Waals surface area contributed by atoms with Crippen LogP contribution in [0.1, 0.15) is 16.7 Å². The molecular formula is C18H20N2O. The number of carbonyl (C=O) groups excluding carboxylic acids is 1. The van der Waals surface area contributed by atoms with Crippen molar-refractivity contribution in [3.05, 3.63) is 59.2 Å². The van der Waals surface area contributed by atoms with Crippen molar-refractivity contribution >= 4 is 17.3 Å². The van der Waals surface area contributed by atoms with Crippen molar-refractivity contribution in [1.82, 2.24) is 0 Å². The molecule has 108 valence electrons. The van der Waals surface area contributed by atoms with Crippen molar-refractivity contribution in [3.63, 3.8) is 0 Å². The highest BCUT2D eigenvalue weighted by atomic mass is 16.2. The largest absolute Gasteiger partial charge is 0.362 e. The smallest absolute Gasteiger partial charge is 0.243 e. The molecular weight excluding hydrogens is 260 g/mol. The molecule has 0 saturated carbocycles. The van der Waals surface area contributed by atoms with Gasteiger partial charge in [0.2, 0.25) is 5.91 Å². The Hall–Kier alpha value is -2.29. The van der Waals surface area contributed by atoms with Crippen LogP contribution in [-0.2, 0) is 11.2 Å². The standard InChI is InChI=1S/C18H20N2O/c1-13-6-5-8-16(14(13)2)19-18(21)12-20-11-10-15-7-3-4-9-17(15)20/h3-9H,10-12H2,1-2H3,(H,19,21). The van der Waals surface area contributed by atoms with E-state index in [2.05, 4.69) is 41.4 Å². The number of amides is 1. The summed E-state index contributed by atoms with van der Waals surface area (Å²) in [6.07, 6.45) is 1.02. The lowest BCUT2D eigenvalue weighted by Crippen LogP contribution is -2.32. The Morgan fingerprint density at radius 3 is 2.81 bits per heavy atom. The third-order valence-electron chi connectivity index (χ3n) is 4.20. The number of rotatable bonds is 3. The predicted octanol–water partition coefficient (Wildman–Crippen LogP) is 3.30. The zero-order chi connectivity index (χ0) is 14.8. The Bertz CT molecular complexity index is 679. The Balaban J connectivity index is 1.69. The second-order valence-corrected chi connectivity index (χ2v) is 5.60. The number of nitrogens with zero attached hydrogens (tertiary/aromatic N) is 1. The molecule has 1 aliphatic rings. The first-order valence-electron chi connectivity index (χ1n) is 7.34. The van der Waals surface area contributed by atoms with Gasteiger partial charge in [0, 0.05) is 17.9 Å². The molecule has 0 radical (unpaired) electrons. The number of aryl methyl sites for hydroxylation is 1. The second-order valence-electron chi connectivity index (χ2n) is 5.60. The summed E-state index contributed by atoms with van der Waals surface area (Å²) in [5.41, 5.74) is 5.75. The van der Waals surface area contributed by atoms with Gasteiger partial charge in [-0.25, -0.2) is 0 Å². The first kappa shape index (κ1) is 13.7. The molecule has 1 heterocycles. The molecule has 0 fully saturated rings. The van der Waals surface area contributed by atoms with Gasteiger partial charge in [0.25, 0.3) is 0 Å². The molecule has 3 rings (SSSR count). The molecule has 0 bridgehead atoms. The van der Waals surface area contributed by atoms with Gasteiger partial charge in [-0.05, 0) is 49.1 Å². The van der Waals surface area contributed by atoms with Gasteiger partial charge in [0.05, 0.1) is 6.54 Å². The summed E-state index contributed by atoms with van der Waals surface area (Å²) in [4.78, 5) is 14.4. The van der Waals surface area contributed by atoms with Crippen LogP contribution < -0.4 is 10.2 Å². The Kier molecular flexibility index (Phi) is 3.65. The number of carbonyl (C=O) groups is 1. The quantitative estimate of drug-likeness (QED) is 0.935. The molecule has 0 spiro atoms. The summed E-state index contributed by atoms with van der Waals surface area (Å²) >= 11 is 0. The van der Waals surface area contributed by atoms with Crippen LogP contribution in [-0.4, -0.2) is 19.0 Å². The minimum atomic E-state index is 0.0420. The van der Waals surface area contributed by atoms with Crippen LogP contribution in [0.15, 0.2) is 42.5 Å². The van der Waals surface area contributed by atoms with Crippen LogP contribution in [0.2, 0.25) is 0 Å². The van der Waals surface area contributed by atoms with E-state index in [0.29, 0.717) is 6.54 Å². The van der Waals surface area contributed by atoms with Crippen molar-refractivity contribution in [2.45, 2.75) is 20.3 Å². The molecule has 0 aliphatic carbocycles. The average Bonchev–Trinajstić information content (AvgIpc) is 2.87. The van der Waals surface area contributed by atoms with E-state index >= 15 is 0 Å². The highest BCUT2D eigenvalue weighted by Gasteiger charge is 2.20. The monoisotopic (exact) mass is 280 g/mol. The maximum absolute atomic E-state index is 12.3. The summed E-state index contributed by atoms with van der Waals surface area (Å²) in [6, 6.07) is 14.3. The predicted molar refractivity (Wildman–Crippen MR) is 86.9 cm³/mol. The van der Waals surface area contributed by atoms with E-state index in [-0.39, 0.29) is 5.91 Å². The van der Waals surface area contributed by atoms with Crippen molar-refractivity contribution in [3.8, 4) is 0 Å². The number of nitrogens with one attached hydrogen (secondary N) is 1. The van der Waals surface area contributed by atoms with Gasteiger partial charge >= 0.3 is 0 Å². The first-order chi connectivity index (χ1) is 10.1. The zero-order valence-electron chi connectivity index (χ0n) is 12.5. The fraction of sp³-hybridized carbons (Fsp3) is 0.278. The minimum Gasteiger partial charge on any atom is -0.362 e. The lowest BCUT2D eigenvalue weighted by atomic mass is 10.1. The van der Waals surface area contributed by atoms with Crippen molar-refractivity contribution in [1.29, 1.82) is 0 Å². The van der Waals surface area contributed by atoms with Gasteiger partial charge in [-0.2, -0.15) is 0 Å². The molecule has 0 unspecified atom stereocenters. The summed E-state index contributed by atoms with van der Waals surface area (Å²) in [5, 5.41) is 3.03. The molecule has 1 amide bonds. The molecule has 0 atom stereocenters. The maximum Gasteiger partial charge on any atom is 0.243 e. The highest BCUT2D eigenvalue weighted by Crippen LogP contribution is 2.27. The van der Waals surface area contributed by atoms with E-state index in [9.17, 15) is 4.79 Å². The van der Waals surface area contributed by atoms with E-state index in [1.54, 1.807) is 0 Å². The van der Waals surface area contributed by atoms with Gasteiger partial charge < -0.3 is 10.2 Å². The Labute approximate surface area is 125 Å². The van der Waals surface area contributed by atoms with Crippen molar-refractivity contribution in [2.75, 3.05) is 23.3 Å². The van der Waals surface area contributed by atoms with Crippen molar-refractivity contribution < 1.29 is 4.79 Å². The van der Waals surface area contributed by atoms with E-state index in [1.807, 2.05) is 25.1 Å². The SMILES string of the molecule is Cc1cccc(NC(=O)CN2CCc3ccccc32)c1C. The summed E-state index contributed by atoms with van der Waals surface area (Å²) < 4.78 is 0. The number of anilines is 2. The van der Waals surface area contributed by atoms with E-state index in [4.69, 9.17) is 0 Å². The molecule has 1 aliphatic heterocycles. The Morgan fingerprint density at radius 2 is 1.95 bits per heavy atom. The van der Waals surface area contributed by atoms with Crippen molar-refractivity contribution in [2.24, 2.45) is 0 Å². The normalized spacial score (nSPS) is 13.1. The van der Waals surface area contributed by atoms with E-state index in [1.165, 1.54) is 16.8 Å². The molecule has 1 N–H and O–H groups in total. The highest BCUT2D eigenvalue weighted by molar-refractivity contribution is 5.95. The molecule has 2 aromatic carbocycles. The molecule has 0 saturated heterocycles. The third kappa shape index (κ3) is 2.77. The molecule has 3 nitrogen and oxygen atoms in total. The van der Waals surface area contributed by atoms with Crippen LogP contribution in [0.3, 0.4) is 0 Å². The summed E-state index contributed by atoms with van der Waals surface area (Å²) in [6.45, 7) is 5.42. The Morgan fingerprint density at radius 1 is 1.14 bits per heavy atom. The molecule has 21 heavy (non-hydrogen) atoms. The van der Waals surface area contributed by atoms with Gasteiger partial charge in [-0.3, -0.25) is 4.79 Å². The topological polar surface area (TPSA) is 32.3 Å². The van der Waals surface area contributed by atoms with Gasteiger partial charge in [-0.1, -0.05) is 30.3 Å². The molecule has 0 aromatic heterocycles. The molecule has 3 heteroatoms. The maximum atomic E-state index is 12.3. The van der Waals surface area contributed by atoms with Crippen LogP contribution in [0, 0.1) is 13.8 Å². The number of fused-ring (bicyclic) bond motifs is 1. The van der Waals surface area contributed by atoms with Crippen LogP contribution in [0.25, 0.3) is 0 Å². The summed E-state index contributed by atoms with van der Waals surface area (Å²) in [5.74, 6) is 0.0420. The zero-order valence-corrected chi connectivity index (χ0v) is 12.5. The van der Waals surface area contributed by atoms with Crippen LogP contribution >= 0.6 is 0 Å². The van der Waals surface area contributed by atoms with Gasteiger partial charge in [0.1, 0.15) is 0 Å². The average molecular weight is 280 g/mol. The first-order valence-corrected chi connectivity index (χ1v) is 7.34. The number of hydrogen-bond acceptors (Lipinski definition) is 2. The number of para-hydroxylation sites is 1. The fourth-order valence-corrected chi connectivity index (χ4v) is 2.82. The lowest BCUT2D eigenvalue weighted by molar-refractivity contribution is -0.115.